The number of amides is 1. The van der Waals surface area contributed by atoms with Crippen molar-refractivity contribution in [1.29, 1.82) is 0 Å². The van der Waals surface area contributed by atoms with E-state index in [9.17, 15) is 18.0 Å². The maximum absolute atomic E-state index is 13.2. The highest BCUT2D eigenvalue weighted by atomic mass is 35.5. The summed E-state index contributed by atoms with van der Waals surface area (Å²) in [6.07, 6.45) is 6.77. The molecule has 1 fully saturated rings. The van der Waals surface area contributed by atoms with Crippen LogP contribution in [-0.4, -0.2) is 71.4 Å². The van der Waals surface area contributed by atoms with Crippen LogP contribution < -0.4 is 19.7 Å². The van der Waals surface area contributed by atoms with Crippen LogP contribution in [-0.2, 0) is 24.3 Å². The van der Waals surface area contributed by atoms with E-state index in [0.717, 1.165) is 37.1 Å². The van der Waals surface area contributed by atoms with Crippen molar-refractivity contribution in [2.24, 2.45) is 17.3 Å². The van der Waals surface area contributed by atoms with Gasteiger partial charge in [0.25, 0.3) is 15.9 Å². The van der Waals surface area contributed by atoms with Crippen molar-refractivity contribution in [3.63, 3.8) is 0 Å². The molecule has 3 N–H and O–H groups in total. The number of rotatable bonds is 11. The van der Waals surface area contributed by atoms with Crippen molar-refractivity contribution in [2.75, 3.05) is 44.9 Å². The van der Waals surface area contributed by atoms with Crippen LogP contribution in [0.3, 0.4) is 0 Å². The minimum Gasteiger partial charge on any atom is -0.490 e. The molecule has 0 saturated heterocycles. The number of anilines is 1. The fourth-order valence-electron chi connectivity index (χ4n) is 6.13. The Morgan fingerprint density at radius 2 is 2.05 bits per heavy atom. The molecule has 4 rings (SSSR count). The van der Waals surface area contributed by atoms with E-state index in [1.165, 1.54) is 17.2 Å². The molecule has 0 radical (unpaired) electrons. The number of halogens is 1. The van der Waals surface area contributed by atoms with Gasteiger partial charge < -0.3 is 24.8 Å². The van der Waals surface area contributed by atoms with Crippen LogP contribution in [0.1, 0.15) is 52.9 Å². The number of aliphatic carboxylic acids is 1. The molecule has 1 aliphatic heterocycles. The topological polar surface area (TPSA) is 134 Å². The molecule has 1 spiro atoms. The summed E-state index contributed by atoms with van der Waals surface area (Å²) in [6, 6.07) is 4.05. The number of fused-ring (bicyclic) bond motifs is 1. The highest BCUT2D eigenvalue weighted by molar-refractivity contribution is 7.90. The van der Waals surface area contributed by atoms with Crippen molar-refractivity contribution in [2.45, 2.75) is 63.8 Å². The minimum atomic E-state index is -4.13. The molecule has 1 aromatic rings. The Morgan fingerprint density at radius 1 is 1.31 bits per heavy atom. The monoisotopic (exact) mass is 623 g/mol. The van der Waals surface area contributed by atoms with E-state index >= 15 is 0 Å². The second kappa shape index (κ2) is 13.4. The SMILES string of the molecule is CN[C@@H](C)C(=O)NS(=O)(=O)c1ccc2c(c1)N(C[C@@H]1CC[C@H]1COCC(=O)O)C[C@@]1(CCCC(/C=C(\C)Cl)=C1C)CO2. The number of hydrogen-bond acceptors (Lipinski definition) is 8. The predicted octanol–water partition coefficient (Wildman–Crippen LogP) is 4.06. The number of carbonyl (C=O) groups excluding carboxylic acids is 1. The van der Waals surface area contributed by atoms with E-state index in [2.05, 4.69) is 21.9 Å². The minimum absolute atomic E-state index is 0.0188. The van der Waals surface area contributed by atoms with E-state index in [-0.39, 0.29) is 28.8 Å². The van der Waals surface area contributed by atoms with Crippen molar-refractivity contribution in [1.82, 2.24) is 10.0 Å². The summed E-state index contributed by atoms with van der Waals surface area (Å²) in [5.74, 6) is -0.592. The van der Waals surface area contributed by atoms with E-state index in [4.69, 9.17) is 26.2 Å². The summed E-state index contributed by atoms with van der Waals surface area (Å²) in [7, 11) is -2.54. The molecule has 232 valence electrons. The second-order valence-electron chi connectivity index (χ2n) is 11.8. The van der Waals surface area contributed by atoms with Crippen molar-refractivity contribution in [3.8, 4) is 5.75 Å². The molecule has 0 aromatic heterocycles. The van der Waals surface area contributed by atoms with Gasteiger partial charge in [-0.15, -0.1) is 0 Å². The molecule has 4 atom stereocenters. The summed E-state index contributed by atoms with van der Waals surface area (Å²) in [4.78, 5) is 25.6. The molecule has 1 heterocycles. The Morgan fingerprint density at radius 3 is 2.69 bits per heavy atom. The highest BCUT2D eigenvalue weighted by Gasteiger charge is 2.43. The molecule has 2 aliphatic carbocycles. The van der Waals surface area contributed by atoms with Gasteiger partial charge in [0, 0.05) is 23.5 Å². The molecular formula is C30H42ClN3O7S. The zero-order valence-electron chi connectivity index (χ0n) is 24.7. The number of hydrogen-bond donors (Lipinski definition) is 3. The summed E-state index contributed by atoms with van der Waals surface area (Å²) < 4.78 is 40.5. The first-order valence-corrected chi connectivity index (χ1v) is 16.3. The number of allylic oxidation sites excluding steroid dienone is 3. The molecule has 1 saturated carbocycles. The van der Waals surface area contributed by atoms with Gasteiger partial charge in [-0.3, -0.25) is 4.79 Å². The third-order valence-corrected chi connectivity index (χ3v) is 10.4. The number of benzene rings is 1. The molecule has 1 aromatic carbocycles. The first-order valence-electron chi connectivity index (χ1n) is 14.4. The number of likely N-dealkylation sites (N-methyl/N-ethyl adjacent to an activating group) is 1. The number of nitrogens with one attached hydrogen (secondary N) is 2. The van der Waals surface area contributed by atoms with Gasteiger partial charge in [-0.05, 0) is 102 Å². The number of ether oxygens (including phenoxy) is 2. The lowest BCUT2D eigenvalue weighted by Gasteiger charge is -2.44. The van der Waals surface area contributed by atoms with Crippen LogP contribution in [0.15, 0.2) is 45.3 Å². The average Bonchev–Trinajstić information content (AvgIpc) is 3.07. The number of carbonyl (C=O) groups is 2. The normalized spacial score (nSPS) is 25.3. The molecule has 12 heteroatoms. The van der Waals surface area contributed by atoms with Crippen molar-refractivity contribution in [3.05, 3.63) is 40.5 Å². The van der Waals surface area contributed by atoms with Crippen LogP contribution in [0.5, 0.6) is 5.75 Å². The third kappa shape index (κ3) is 7.30. The highest BCUT2D eigenvalue weighted by Crippen LogP contribution is 2.48. The van der Waals surface area contributed by atoms with Gasteiger partial charge in [-0.1, -0.05) is 17.2 Å². The number of carboxylic acids is 1. The maximum Gasteiger partial charge on any atom is 0.329 e. The van der Waals surface area contributed by atoms with Gasteiger partial charge in [0.1, 0.15) is 12.4 Å². The first kappa shape index (κ1) is 32.3. The molecule has 0 bridgehead atoms. The van der Waals surface area contributed by atoms with Crippen LogP contribution >= 0.6 is 11.6 Å². The molecular weight excluding hydrogens is 582 g/mol. The van der Waals surface area contributed by atoms with Gasteiger partial charge in [0.2, 0.25) is 0 Å². The van der Waals surface area contributed by atoms with E-state index in [0.29, 0.717) is 37.7 Å². The van der Waals surface area contributed by atoms with E-state index in [1.54, 1.807) is 26.1 Å². The Balaban J connectivity index is 1.69. The van der Waals surface area contributed by atoms with Crippen LogP contribution in [0.4, 0.5) is 5.69 Å². The standard InChI is InChI=1S/C30H42ClN3O7S/c1-19(31)12-22-6-5-11-30(20(22)2)17-34(14-23-7-8-24(23)15-40-16-28(35)36)26-13-25(9-10-27(26)41-18-30)42(38,39)33-29(37)21(3)32-4/h9-10,12-13,21,23-24,32H,5-8,11,14-18H2,1-4H3,(H,33,37)(H,35,36)/b19-12+/t21-,23-,24-,30-/m0/s1. The largest absolute Gasteiger partial charge is 0.490 e. The zero-order valence-corrected chi connectivity index (χ0v) is 26.3. The molecule has 3 aliphatic rings. The van der Waals surface area contributed by atoms with E-state index in [1.807, 2.05) is 13.0 Å². The summed E-state index contributed by atoms with van der Waals surface area (Å²) in [5.41, 5.74) is 2.79. The van der Waals surface area contributed by atoms with Crippen molar-refractivity contribution >= 4 is 39.2 Å². The lowest BCUT2D eigenvalue weighted by atomic mass is 9.69. The number of carboxylic acid groups (broad SMARTS) is 1. The van der Waals surface area contributed by atoms with Gasteiger partial charge in [-0.25, -0.2) is 17.9 Å². The molecule has 10 nitrogen and oxygen atoms in total. The van der Waals surface area contributed by atoms with Crippen molar-refractivity contribution < 1.29 is 32.6 Å². The Kier molecular flexibility index (Phi) is 10.3. The molecule has 0 unspecified atom stereocenters. The Hall–Kier alpha value is -2.60. The molecule has 1 amide bonds. The molecule has 42 heavy (non-hydrogen) atoms. The zero-order chi connectivity index (χ0) is 30.7. The first-order chi connectivity index (χ1) is 19.8. The van der Waals surface area contributed by atoms with Gasteiger partial charge in [0.15, 0.2) is 0 Å². The lowest BCUT2D eigenvalue weighted by Crippen LogP contribution is -2.47. The smallest absolute Gasteiger partial charge is 0.329 e. The average molecular weight is 624 g/mol. The van der Waals surface area contributed by atoms with E-state index < -0.39 is 27.9 Å². The second-order valence-corrected chi connectivity index (χ2v) is 14.1. The number of nitrogens with zero attached hydrogens (tertiary/aromatic N) is 1. The lowest BCUT2D eigenvalue weighted by molar-refractivity contribution is -0.143. The fraction of sp³-hybridized carbons (Fsp3) is 0.600. The van der Waals surface area contributed by atoms with Gasteiger partial charge >= 0.3 is 5.97 Å². The Bertz CT molecular complexity index is 1360. The maximum atomic E-state index is 13.2. The summed E-state index contributed by atoms with van der Waals surface area (Å²) in [5, 5.41) is 12.4. The van der Waals surface area contributed by atoms with Gasteiger partial charge in [0.05, 0.1) is 29.8 Å². The van der Waals surface area contributed by atoms with Crippen LogP contribution in [0.2, 0.25) is 0 Å². The summed E-state index contributed by atoms with van der Waals surface area (Å²) >= 11 is 6.28. The van der Waals surface area contributed by atoms with Gasteiger partial charge in [-0.2, -0.15) is 0 Å². The predicted molar refractivity (Wildman–Crippen MR) is 161 cm³/mol. The van der Waals surface area contributed by atoms with Crippen LogP contribution in [0.25, 0.3) is 0 Å². The quantitative estimate of drug-likeness (QED) is 0.334. The summed E-state index contributed by atoms with van der Waals surface area (Å²) in [6.45, 7) is 7.34. The number of sulfonamides is 1. The van der Waals surface area contributed by atoms with Crippen LogP contribution in [0, 0.1) is 17.3 Å². The third-order valence-electron chi connectivity index (χ3n) is 8.98. The fourth-order valence-corrected chi connectivity index (χ4v) is 7.33. The Labute approximate surface area is 253 Å².